The van der Waals surface area contributed by atoms with Gasteiger partial charge in [-0.25, -0.2) is 0 Å². The first-order valence-electron chi connectivity index (χ1n) is 22.4. The van der Waals surface area contributed by atoms with Crippen LogP contribution in [-0.4, -0.2) is 96.0 Å². The summed E-state index contributed by atoms with van der Waals surface area (Å²) in [6, 6.07) is 0. The average Bonchev–Trinajstić information content (AvgIpc) is 3.24. The summed E-state index contributed by atoms with van der Waals surface area (Å²) in [5, 5.41) is 30.9. The quantitative estimate of drug-likeness (QED) is 0.0205. The van der Waals surface area contributed by atoms with Gasteiger partial charge in [-0.05, 0) is 83.5 Å². The standard InChI is InChI=1S/C49H76O12S/c1-3-5-7-9-11-13-15-17-19-20-21-22-24-25-27-29-31-33-35-37-44(50)58-39-42(40-59-49-48(54)47(53)46(52)43(61-49)41-62(55,56)57)60-45(51)38-36-34-32-30-28-26-23-18-16-14-12-10-8-6-4-2/h5-8,11-14,17-19,21-23,25,27,31,33,42-43,46-49,52-54H,3-4,9-10,15-16,20,24,26,28-30,32,34-41H2,1-2H3,(H,55,56,57)/b7-5+,8-6+,13-11+,14-12+,19-17+,22-21+,23-18+,27-25+,33-31+/t42-,43-,46-,47?,48?,49+/m1/s1. The van der Waals surface area contributed by atoms with E-state index in [0.717, 1.165) is 89.9 Å². The molecule has 6 atom stereocenters. The van der Waals surface area contributed by atoms with E-state index in [-0.39, 0.29) is 19.4 Å². The highest BCUT2D eigenvalue weighted by molar-refractivity contribution is 7.85. The number of unbranched alkanes of at least 4 members (excludes halogenated alkanes) is 5. The Labute approximate surface area is 372 Å². The second kappa shape index (κ2) is 37.8. The molecule has 13 heteroatoms. The largest absolute Gasteiger partial charge is 0.462 e. The Morgan fingerprint density at radius 3 is 1.50 bits per heavy atom. The lowest BCUT2D eigenvalue weighted by Crippen LogP contribution is -2.60. The van der Waals surface area contributed by atoms with Gasteiger partial charge in [-0.1, -0.05) is 142 Å². The van der Waals surface area contributed by atoms with E-state index in [9.17, 15) is 37.9 Å². The summed E-state index contributed by atoms with van der Waals surface area (Å²) in [6.07, 6.45) is 42.9. The number of esters is 2. The number of aliphatic hydroxyl groups excluding tert-OH is 3. The van der Waals surface area contributed by atoms with Crippen molar-refractivity contribution in [2.75, 3.05) is 19.0 Å². The fraction of sp³-hybridized carbons (Fsp3) is 0.592. The zero-order valence-electron chi connectivity index (χ0n) is 37.2. The predicted octanol–water partition coefficient (Wildman–Crippen LogP) is 9.22. The van der Waals surface area contributed by atoms with E-state index >= 15 is 0 Å². The Hall–Kier alpha value is -3.69. The fourth-order valence-electron chi connectivity index (χ4n) is 5.95. The Morgan fingerprint density at radius 2 is 1.00 bits per heavy atom. The molecule has 0 amide bonds. The third-order valence-electron chi connectivity index (χ3n) is 9.36. The Kier molecular flexibility index (Phi) is 34.4. The van der Waals surface area contributed by atoms with Crippen LogP contribution >= 0.6 is 0 Å². The van der Waals surface area contributed by atoms with Crippen LogP contribution in [0.4, 0.5) is 0 Å². The number of hydrogen-bond acceptors (Lipinski definition) is 11. The number of rotatable bonds is 35. The van der Waals surface area contributed by atoms with E-state index in [0.29, 0.717) is 12.8 Å². The van der Waals surface area contributed by atoms with Gasteiger partial charge in [-0.2, -0.15) is 8.42 Å². The molecule has 1 fully saturated rings. The lowest BCUT2D eigenvalue weighted by atomic mass is 10.00. The number of ether oxygens (including phenoxy) is 4. The molecule has 1 aliphatic rings. The molecule has 0 bridgehead atoms. The minimum atomic E-state index is -4.62. The van der Waals surface area contributed by atoms with E-state index in [1.165, 1.54) is 0 Å². The van der Waals surface area contributed by atoms with Crippen molar-refractivity contribution in [1.29, 1.82) is 0 Å². The Morgan fingerprint density at radius 1 is 0.548 bits per heavy atom. The van der Waals surface area contributed by atoms with Gasteiger partial charge < -0.3 is 34.3 Å². The van der Waals surface area contributed by atoms with Gasteiger partial charge in [0.25, 0.3) is 10.1 Å². The topological polar surface area (TPSA) is 186 Å². The maximum absolute atomic E-state index is 12.8. The second-order valence-corrected chi connectivity index (χ2v) is 16.4. The molecule has 1 rings (SSSR count). The third-order valence-corrected chi connectivity index (χ3v) is 10.1. The molecular weight excluding hydrogens is 813 g/mol. The van der Waals surface area contributed by atoms with Crippen LogP contribution in [0.2, 0.25) is 0 Å². The molecule has 0 saturated carbocycles. The average molecular weight is 889 g/mol. The van der Waals surface area contributed by atoms with Crippen LogP contribution < -0.4 is 0 Å². The van der Waals surface area contributed by atoms with Crippen LogP contribution in [0, 0.1) is 0 Å². The van der Waals surface area contributed by atoms with Gasteiger partial charge in [0, 0.05) is 12.8 Å². The molecule has 2 unspecified atom stereocenters. The van der Waals surface area contributed by atoms with Crippen LogP contribution in [0.25, 0.3) is 0 Å². The Balaban J connectivity index is 2.52. The molecule has 62 heavy (non-hydrogen) atoms. The smallest absolute Gasteiger partial charge is 0.306 e. The molecule has 350 valence electrons. The Bertz CT molecular complexity index is 1560. The van der Waals surface area contributed by atoms with Gasteiger partial charge in [-0.15, -0.1) is 0 Å². The maximum Gasteiger partial charge on any atom is 0.306 e. The lowest BCUT2D eigenvalue weighted by Gasteiger charge is -2.40. The molecule has 1 saturated heterocycles. The van der Waals surface area contributed by atoms with Crippen molar-refractivity contribution in [2.45, 2.75) is 166 Å². The summed E-state index contributed by atoms with van der Waals surface area (Å²) in [5.41, 5.74) is 0. The lowest BCUT2D eigenvalue weighted by molar-refractivity contribution is -0.297. The SMILES string of the molecule is CC/C=C/C/C=C/C/C=C/C/C=C/C/C=C/C/C=C/CCC(=O)OC[C@H](CO[C@H]1O[C@H](CS(=O)(=O)O)[C@@H](O)C(O)C1O)OC(=O)CCCCCCC/C=C/C/C=C/C/C=C/CC. The van der Waals surface area contributed by atoms with Gasteiger partial charge in [0.2, 0.25) is 0 Å². The van der Waals surface area contributed by atoms with Crippen LogP contribution in [0.15, 0.2) is 109 Å². The minimum absolute atomic E-state index is 0.0827. The number of carbonyl (C=O) groups is 2. The van der Waals surface area contributed by atoms with Crippen molar-refractivity contribution in [3.05, 3.63) is 109 Å². The molecular formula is C49H76O12S. The van der Waals surface area contributed by atoms with Gasteiger partial charge in [-0.3, -0.25) is 14.1 Å². The summed E-state index contributed by atoms with van der Waals surface area (Å²) in [6.45, 7) is 3.43. The zero-order valence-corrected chi connectivity index (χ0v) is 38.0. The van der Waals surface area contributed by atoms with Crippen molar-refractivity contribution in [1.82, 2.24) is 0 Å². The highest BCUT2D eigenvalue weighted by Crippen LogP contribution is 2.24. The van der Waals surface area contributed by atoms with E-state index in [1.807, 2.05) is 12.2 Å². The van der Waals surface area contributed by atoms with Crippen molar-refractivity contribution in [3.63, 3.8) is 0 Å². The monoisotopic (exact) mass is 889 g/mol. The van der Waals surface area contributed by atoms with Gasteiger partial charge in [0.15, 0.2) is 12.4 Å². The van der Waals surface area contributed by atoms with E-state index in [2.05, 4.69) is 111 Å². The molecule has 1 aliphatic heterocycles. The second-order valence-electron chi connectivity index (χ2n) is 14.9. The summed E-state index contributed by atoms with van der Waals surface area (Å²) in [5.74, 6) is -2.13. The molecule has 4 N–H and O–H groups in total. The molecule has 0 radical (unpaired) electrons. The fourth-order valence-corrected chi connectivity index (χ4v) is 6.64. The van der Waals surface area contributed by atoms with Crippen molar-refractivity contribution >= 4 is 22.1 Å². The zero-order chi connectivity index (χ0) is 45.5. The highest BCUT2D eigenvalue weighted by Gasteiger charge is 2.46. The molecule has 12 nitrogen and oxygen atoms in total. The third kappa shape index (κ3) is 32.1. The number of allylic oxidation sites excluding steroid dienone is 18. The van der Waals surface area contributed by atoms with Crippen molar-refractivity contribution in [2.24, 2.45) is 0 Å². The van der Waals surface area contributed by atoms with Gasteiger partial charge in [0.1, 0.15) is 36.8 Å². The molecule has 0 aromatic rings. The molecule has 0 aromatic carbocycles. The van der Waals surface area contributed by atoms with E-state index in [4.69, 9.17) is 18.9 Å². The van der Waals surface area contributed by atoms with Crippen LogP contribution in [0.1, 0.15) is 129 Å². The predicted molar refractivity (Wildman–Crippen MR) is 247 cm³/mol. The van der Waals surface area contributed by atoms with Gasteiger partial charge >= 0.3 is 11.9 Å². The molecule has 0 spiro atoms. The molecule has 0 aliphatic carbocycles. The summed E-state index contributed by atoms with van der Waals surface area (Å²) in [4.78, 5) is 25.4. The van der Waals surface area contributed by atoms with Crippen molar-refractivity contribution < 1.29 is 56.8 Å². The number of hydrogen-bond donors (Lipinski definition) is 4. The van der Waals surface area contributed by atoms with Crippen LogP contribution in [0.5, 0.6) is 0 Å². The van der Waals surface area contributed by atoms with Crippen molar-refractivity contribution in [3.8, 4) is 0 Å². The minimum Gasteiger partial charge on any atom is -0.462 e. The summed E-state index contributed by atoms with van der Waals surface area (Å²) < 4.78 is 54.0. The van der Waals surface area contributed by atoms with E-state index < -0.39 is 71.2 Å². The molecule has 1 heterocycles. The summed E-state index contributed by atoms with van der Waals surface area (Å²) in [7, 11) is -4.62. The molecule has 0 aromatic heterocycles. The maximum atomic E-state index is 12.8. The first-order valence-corrected chi connectivity index (χ1v) is 24.1. The highest BCUT2D eigenvalue weighted by atomic mass is 32.2. The first-order chi connectivity index (χ1) is 30.0. The first kappa shape index (κ1) is 56.3. The normalized spacial score (nSPS) is 20.9. The van der Waals surface area contributed by atoms with Gasteiger partial charge in [0.05, 0.1) is 6.61 Å². The van der Waals surface area contributed by atoms with Crippen LogP contribution in [-0.2, 0) is 38.7 Å². The van der Waals surface area contributed by atoms with Crippen LogP contribution in [0.3, 0.4) is 0 Å². The number of aliphatic hydroxyl groups is 3. The van der Waals surface area contributed by atoms with E-state index in [1.54, 1.807) is 0 Å². The number of carbonyl (C=O) groups excluding carboxylic acids is 2. The summed E-state index contributed by atoms with van der Waals surface area (Å²) >= 11 is 0.